The van der Waals surface area contributed by atoms with Crippen molar-refractivity contribution in [1.82, 2.24) is 0 Å². The molecule has 0 heterocycles. The Balaban J connectivity index is 3.12. The number of anilines is 2. The lowest BCUT2D eigenvalue weighted by molar-refractivity contribution is -0.114. The molecule has 0 aliphatic heterocycles. The maximum absolute atomic E-state index is 12.8. The third-order valence-corrected chi connectivity index (χ3v) is 1.41. The summed E-state index contributed by atoms with van der Waals surface area (Å²) >= 11 is 0. The van der Waals surface area contributed by atoms with Crippen molar-refractivity contribution < 1.29 is 13.6 Å². The molecule has 0 spiro atoms. The molecule has 0 aliphatic carbocycles. The molecule has 0 radical (unpaired) electrons. The molecule has 5 heteroatoms. The van der Waals surface area contributed by atoms with E-state index in [1.165, 1.54) is 6.92 Å². The van der Waals surface area contributed by atoms with E-state index in [-0.39, 0.29) is 11.4 Å². The summed E-state index contributed by atoms with van der Waals surface area (Å²) in [6.45, 7) is 1.22. The number of hydrogen-bond acceptors (Lipinski definition) is 2. The van der Waals surface area contributed by atoms with E-state index in [0.29, 0.717) is 6.07 Å². The van der Waals surface area contributed by atoms with Crippen LogP contribution in [0.1, 0.15) is 6.92 Å². The highest BCUT2D eigenvalue weighted by atomic mass is 19.1. The molecule has 0 unspecified atom stereocenters. The second kappa shape index (κ2) is 3.38. The van der Waals surface area contributed by atoms with Gasteiger partial charge in [0.25, 0.3) is 0 Å². The average molecular weight is 186 g/mol. The predicted octanol–water partition coefficient (Wildman–Crippen LogP) is 1.51. The van der Waals surface area contributed by atoms with Crippen LogP contribution >= 0.6 is 0 Å². The first-order valence-corrected chi connectivity index (χ1v) is 3.53. The zero-order valence-electron chi connectivity index (χ0n) is 6.90. The summed E-state index contributed by atoms with van der Waals surface area (Å²) in [5.74, 6) is -2.10. The molecule has 0 saturated heterocycles. The van der Waals surface area contributed by atoms with Gasteiger partial charge in [-0.3, -0.25) is 4.79 Å². The summed E-state index contributed by atoms with van der Waals surface area (Å²) in [5, 5.41) is 2.21. The first kappa shape index (κ1) is 9.44. The van der Waals surface area contributed by atoms with Crippen molar-refractivity contribution in [3.63, 3.8) is 0 Å². The Hall–Kier alpha value is -1.65. The molecule has 13 heavy (non-hydrogen) atoms. The lowest BCUT2D eigenvalue weighted by Crippen LogP contribution is -2.09. The summed E-state index contributed by atoms with van der Waals surface area (Å²) in [6.07, 6.45) is 0. The minimum absolute atomic E-state index is 0.0509. The van der Waals surface area contributed by atoms with Crippen molar-refractivity contribution in [2.45, 2.75) is 6.92 Å². The third-order valence-electron chi connectivity index (χ3n) is 1.41. The Morgan fingerprint density at radius 3 is 2.62 bits per heavy atom. The monoisotopic (exact) mass is 186 g/mol. The number of amides is 1. The molecule has 0 aromatic heterocycles. The van der Waals surface area contributed by atoms with Crippen LogP contribution in [0.25, 0.3) is 0 Å². The molecule has 0 fully saturated rings. The zero-order chi connectivity index (χ0) is 10.0. The molecule has 70 valence electrons. The van der Waals surface area contributed by atoms with Gasteiger partial charge in [-0.05, 0) is 6.07 Å². The van der Waals surface area contributed by atoms with E-state index in [1.807, 2.05) is 0 Å². The standard InChI is InChI=1S/C8H8F2N2O/c1-4(13)12-7-3-5(9)2-6(10)8(7)11/h2-3H,11H2,1H3,(H,12,13). The maximum atomic E-state index is 12.8. The molecule has 0 saturated carbocycles. The van der Waals surface area contributed by atoms with E-state index in [4.69, 9.17) is 5.73 Å². The molecule has 0 aliphatic rings. The molecule has 3 N–H and O–H groups in total. The Labute approximate surface area is 73.5 Å². The number of nitrogens with two attached hydrogens (primary N) is 1. The van der Waals surface area contributed by atoms with E-state index in [0.717, 1.165) is 6.07 Å². The van der Waals surface area contributed by atoms with Crippen LogP contribution in [0.3, 0.4) is 0 Å². The molecule has 1 rings (SSSR count). The average Bonchev–Trinajstić information content (AvgIpc) is 1.98. The van der Waals surface area contributed by atoms with Gasteiger partial charge in [-0.1, -0.05) is 0 Å². The van der Waals surface area contributed by atoms with Gasteiger partial charge in [-0.15, -0.1) is 0 Å². The quantitative estimate of drug-likeness (QED) is 0.653. The molecule has 0 atom stereocenters. The van der Waals surface area contributed by atoms with Crippen molar-refractivity contribution in [2.24, 2.45) is 0 Å². The highest BCUT2D eigenvalue weighted by molar-refractivity contribution is 5.92. The smallest absolute Gasteiger partial charge is 0.221 e. The van der Waals surface area contributed by atoms with Crippen molar-refractivity contribution in [3.05, 3.63) is 23.8 Å². The summed E-state index contributed by atoms with van der Waals surface area (Å²) in [6, 6.07) is 1.61. The van der Waals surface area contributed by atoms with Crippen LogP contribution in [-0.2, 0) is 4.79 Å². The minimum Gasteiger partial charge on any atom is -0.395 e. The third kappa shape index (κ3) is 2.14. The number of carbonyl (C=O) groups is 1. The van der Waals surface area contributed by atoms with E-state index < -0.39 is 17.5 Å². The van der Waals surface area contributed by atoms with Crippen LogP contribution in [0.4, 0.5) is 20.2 Å². The van der Waals surface area contributed by atoms with Gasteiger partial charge in [0.1, 0.15) is 5.82 Å². The van der Waals surface area contributed by atoms with Gasteiger partial charge in [-0.25, -0.2) is 8.78 Å². The number of halogens is 2. The topological polar surface area (TPSA) is 55.1 Å². The van der Waals surface area contributed by atoms with Crippen molar-refractivity contribution in [1.29, 1.82) is 0 Å². The Morgan fingerprint density at radius 1 is 1.46 bits per heavy atom. The highest BCUT2D eigenvalue weighted by Crippen LogP contribution is 2.22. The Kier molecular flexibility index (Phi) is 2.46. The number of nitrogens with one attached hydrogen (secondary N) is 1. The van der Waals surface area contributed by atoms with E-state index in [9.17, 15) is 13.6 Å². The Morgan fingerprint density at radius 2 is 2.08 bits per heavy atom. The fourth-order valence-electron chi connectivity index (χ4n) is 0.878. The lowest BCUT2D eigenvalue weighted by atomic mass is 10.2. The van der Waals surface area contributed by atoms with Crippen molar-refractivity contribution >= 4 is 17.3 Å². The number of hydrogen-bond donors (Lipinski definition) is 2. The van der Waals surface area contributed by atoms with Gasteiger partial charge in [0.15, 0.2) is 5.82 Å². The van der Waals surface area contributed by atoms with Crippen LogP contribution < -0.4 is 11.1 Å². The lowest BCUT2D eigenvalue weighted by Gasteiger charge is -2.06. The van der Waals surface area contributed by atoms with Gasteiger partial charge in [0.2, 0.25) is 5.91 Å². The van der Waals surface area contributed by atoms with Crippen LogP contribution in [0.5, 0.6) is 0 Å². The second-order valence-electron chi connectivity index (χ2n) is 2.53. The maximum Gasteiger partial charge on any atom is 0.221 e. The molecular formula is C8H8F2N2O. The summed E-state index contributed by atoms with van der Waals surface area (Å²) in [5.41, 5.74) is 4.93. The van der Waals surface area contributed by atoms with Gasteiger partial charge < -0.3 is 11.1 Å². The Bertz CT molecular complexity index is 352. The summed E-state index contributed by atoms with van der Waals surface area (Å²) < 4.78 is 25.4. The SMILES string of the molecule is CC(=O)Nc1cc(F)cc(F)c1N. The van der Waals surface area contributed by atoms with Crippen LogP contribution in [0.2, 0.25) is 0 Å². The highest BCUT2D eigenvalue weighted by Gasteiger charge is 2.08. The van der Waals surface area contributed by atoms with E-state index in [1.54, 1.807) is 0 Å². The summed E-state index contributed by atoms with van der Waals surface area (Å²) in [7, 11) is 0. The van der Waals surface area contributed by atoms with Crippen molar-refractivity contribution in [2.75, 3.05) is 11.1 Å². The van der Waals surface area contributed by atoms with Gasteiger partial charge in [0, 0.05) is 13.0 Å². The number of carbonyl (C=O) groups excluding carboxylic acids is 1. The van der Waals surface area contributed by atoms with E-state index >= 15 is 0 Å². The number of benzene rings is 1. The number of rotatable bonds is 1. The van der Waals surface area contributed by atoms with Gasteiger partial charge in [-0.2, -0.15) is 0 Å². The van der Waals surface area contributed by atoms with E-state index in [2.05, 4.69) is 5.32 Å². The van der Waals surface area contributed by atoms with Crippen LogP contribution in [0.15, 0.2) is 12.1 Å². The summed E-state index contributed by atoms with van der Waals surface area (Å²) in [4.78, 5) is 10.6. The number of nitrogen functional groups attached to an aromatic ring is 1. The van der Waals surface area contributed by atoms with Crippen LogP contribution in [0, 0.1) is 11.6 Å². The normalized spacial score (nSPS) is 9.77. The molecule has 1 amide bonds. The first-order chi connectivity index (χ1) is 6.00. The zero-order valence-corrected chi connectivity index (χ0v) is 6.90. The van der Waals surface area contributed by atoms with Gasteiger partial charge >= 0.3 is 0 Å². The second-order valence-corrected chi connectivity index (χ2v) is 2.53. The molecule has 1 aromatic carbocycles. The van der Waals surface area contributed by atoms with Crippen LogP contribution in [-0.4, -0.2) is 5.91 Å². The predicted molar refractivity (Wildman–Crippen MR) is 45.1 cm³/mol. The van der Waals surface area contributed by atoms with Gasteiger partial charge in [0.05, 0.1) is 11.4 Å². The fourth-order valence-corrected chi connectivity index (χ4v) is 0.878. The fraction of sp³-hybridized carbons (Fsp3) is 0.125. The molecule has 0 bridgehead atoms. The molecular weight excluding hydrogens is 178 g/mol. The largest absolute Gasteiger partial charge is 0.395 e. The van der Waals surface area contributed by atoms with Crippen molar-refractivity contribution in [3.8, 4) is 0 Å². The first-order valence-electron chi connectivity index (χ1n) is 3.53. The molecule has 1 aromatic rings. The molecule has 3 nitrogen and oxygen atoms in total. The minimum atomic E-state index is -0.885.